The third kappa shape index (κ3) is 3.32. The molecule has 0 amide bonds. The van der Waals surface area contributed by atoms with E-state index in [1.165, 1.54) is 57.0 Å². The molecule has 26 heavy (non-hydrogen) atoms. The minimum Gasteiger partial charge on any atom is -0.300 e. The minimum atomic E-state index is -3.56. The van der Waals surface area contributed by atoms with Crippen LogP contribution in [0.2, 0.25) is 0 Å². The quantitative estimate of drug-likeness (QED) is 0.807. The van der Waals surface area contributed by atoms with E-state index in [0.29, 0.717) is 36.5 Å². The van der Waals surface area contributed by atoms with E-state index in [1.807, 2.05) is 0 Å². The first-order valence-electron chi connectivity index (χ1n) is 9.97. The molecule has 4 nitrogen and oxygen atoms in total. The first-order chi connectivity index (χ1) is 12.5. The highest BCUT2D eigenvalue weighted by Gasteiger charge is 2.45. The van der Waals surface area contributed by atoms with Crippen molar-refractivity contribution in [2.75, 3.05) is 26.2 Å². The summed E-state index contributed by atoms with van der Waals surface area (Å²) in [5.41, 5.74) is 0.494. The molecule has 1 aromatic rings. The van der Waals surface area contributed by atoms with Gasteiger partial charge in [-0.25, -0.2) is 12.8 Å². The molecule has 2 aliphatic heterocycles. The second-order valence-electron chi connectivity index (χ2n) is 8.27. The molecule has 3 aliphatic rings. The van der Waals surface area contributed by atoms with Gasteiger partial charge in [0, 0.05) is 19.1 Å². The molecule has 2 atom stereocenters. The van der Waals surface area contributed by atoms with Gasteiger partial charge in [-0.2, -0.15) is 4.31 Å². The lowest BCUT2D eigenvalue weighted by Gasteiger charge is -2.52. The number of hydrogen-bond acceptors (Lipinski definition) is 3. The van der Waals surface area contributed by atoms with E-state index < -0.39 is 10.0 Å². The summed E-state index contributed by atoms with van der Waals surface area (Å²) in [5, 5.41) is 0. The molecule has 1 aromatic carbocycles. The second-order valence-corrected chi connectivity index (χ2v) is 10.2. The molecule has 2 bridgehead atoms. The van der Waals surface area contributed by atoms with Gasteiger partial charge in [-0.3, -0.25) is 4.90 Å². The van der Waals surface area contributed by atoms with Gasteiger partial charge in [-0.1, -0.05) is 12.8 Å². The van der Waals surface area contributed by atoms with Gasteiger partial charge in [0.15, 0.2) is 0 Å². The maximum absolute atomic E-state index is 13.4. The second kappa shape index (κ2) is 7.21. The smallest absolute Gasteiger partial charge is 0.243 e. The van der Waals surface area contributed by atoms with Gasteiger partial charge in [0.25, 0.3) is 0 Å². The van der Waals surface area contributed by atoms with Gasteiger partial charge in [-0.05, 0) is 81.3 Å². The van der Waals surface area contributed by atoms with E-state index in [1.54, 1.807) is 11.2 Å². The Morgan fingerprint density at radius 1 is 1.00 bits per heavy atom. The molecule has 0 spiro atoms. The van der Waals surface area contributed by atoms with Crippen LogP contribution in [-0.4, -0.2) is 49.8 Å². The fraction of sp³-hybridized carbons (Fsp3) is 0.700. The third-order valence-electron chi connectivity index (χ3n) is 6.56. The number of sulfonamides is 1. The maximum atomic E-state index is 13.4. The predicted molar refractivity (Wildman–Crippen MR) is 99.9 cm³/mol. The Balaban J connectivity index is 1.58. The lowest BCUT2D eigenvalue weighted by atomic mass is 9.73. The van der Waals surface area contributed by atoms with E-state index in [2.05, 4.69) is 4.90 Å². The van der Waals surface area contributed by atoms with Crippen LogP contribution in [0.3, 0.4) is 0 Å². The van der Waals surface area contributed by atoms with Crippen LogP contribution in [0.4, 0.5) is 4.39 Å². The topological polar surface area (TPSA) is 40.6 Å². The van der Waals surface area contributed by atoms with E-state index in [4.69, 9.17) is 0 Å². The summed E-state index contributed by atoms with van der Waals surface area (Å²) in [6.07, 6.45) is 7.31. The maximum Gasteiger partial charge on any atom is 0.243 e. The molecule has 0 N–H and O–H groups in total. The van der Waals surface area contributed by atoms with Gasteiger partial charge < -0.3 is 0 Å². The monoisotopic (exact) mass is 380 g/mol. The van der Waals surface area contributed by atoms with Crippen molar-refractivity contribution >= 4 is 10.0 Å². The zero-order valence-corrected chi connectivity index (χ0v) is 16.3. The van der Waals surface area contributed by atoms with Crippen molar-refractivity contribution in [3.63, 3.8) is 0 Å². The van der Waals surface area contributed by atoms with Crippen LogP contribution in [0.15, 0.2) is 23.1 Å². The molecule has 0 unspecified atom stereocenters. The standard InChI is InChI=1S/C20H29FN2O2S/c1-15-12-18(21)8-9-19(15)26(24,25)23-13-16-6-5-7-17(14-23)20(16)22-10-3-2-4-11-22/h8-9,12,16-17,20H,2-7,10-11,13-14H2,1H3/t16-,17-/m0/s1. The molecule has 144 valence electrons. The predicted octanol–water partition coefficient (Wildman–Crippen LogP) is 3.41. The van der Waals surface area contributed by atoms with Gasteiger partial charge >= 0.3 is 0 Å². The van der Waals surface area contributed by atoms with E-state index in [9.17, 15) is 12.8 Å². The summed E-state index contributed by atoms with van der Waals surface area (Å²) in [6.45, 7) is 5.23. The normalized spacial score (nSPS) is 31.1. The number of likely N-dealkylation sites (tertiary alicyclic amines) is 1. The van der Waals surface area contributed by atoms with Crippen LogP contribution in [0, 0.1) is 24.6 Å². The first kappa shape index (κ1) is 18.4. The van der Waals surface area contributed by atoms with E-state index in [-0.39, 0.29) is 10.7 Å². The van der Waals surface area contributed by atoms with Gasteiger partial charge in [-0.15, -0.1) is 0 Å². The fourth-order valence-electron chi connectivity index (χ4n) is 5.42. The number of benzene rings is 1. The Morgan fingerprint density at radius 2 is 1.65 bits per heavy atom. The van der Waals surface area contributed by atoms with Crippen molar-refractivity contribution < 1.29 is 12.8 Å². The Labute approximate surface area is 156 Å². The minimum absolute atomic E-state index is 0.258. The lowest BCUT2D eigenvalue weighted by molar-refractivity contribution is -0.00312. The SMILES string of the molecule is Cc1cc(F)ccc1S(=O)(=O)N1C[C@@H]2CCC[C@@H](C1)C2N1CCCCC1. The number of halogens is 1. The number of fused-ring (bicyclic) bond motifs is 2. The average Bonchev–Trinajstić information content (AvgIpc) is 2.61. The van der Waals surface area contributed by atoms with Crippen molar-refractivity contribution in [1.82, 2.24) is 9.21 Å². The van der Waals surface area contributed by atoms with Crippen LogP contribution in [0.25, 0.3) is 0 Å². The molecule has 1 aliphatic carbocycles. The summed E-state index contributed by atoms with van der Waals surface area (Å²) in [4.78, 5) is 2.90. The van der Waals surface area contributed by atoms with Crippen LogP contribution < -0.4 is 0 Å². The Hall–Kier alpha value is -0.980. The number of aryl methyl sites for hydroxylation is 1. The molecule has 0 aromatic heterocycles. The van der Waals surface area contributed by atoms with Gasteiger partial charge in [0.2, 0.25) is 10.0 Å². The molecular weight excluding hydrogens is 351 g/mol. The number of hydrogen-bond donors (Lipinski definition) is 0. The van der Waals surface area contributed by atoms with Crippen LogP contribution >= 0.6 is 0 Å². The zero-order chi connectivity index (χ0) is 18.3. The lowest BCUT2D eigenvalue weighted by Crippen LogP contribution is -2.59. The highest BCUT2D eigenvalue weighted by molar-refractivity contribution is 7.89. The number of nitrogens with zero attached hydrogens (tertiary/aromatic N) is 2. The molecule has 4 rings (SSSR count). The van der Waals surface area contributed by atoms with Gasteiger partial charge in [0.05, 0.1) is 4.90 Å². The number of piperidine rings is 2. The Morgan fingerprint density at radius 3 is 2.27 bits per heavy atom. The summed E-state index contributed by atoms with van der Waals surface area (Å²) < 4.78 is 41.5. The van der Waals surface area contributed by atoms with Crippen LogP contribution in [0.5, 0.6) is 0 Å². The van der Waals surface area contributed by atoms with Crippen LogP contribution in [0.1, 0.15) is 44.1 Å². The van der Waals surface area contributed by atoms with Crippen molar-refractivity contribution in [2.24, 2.45) is 11.8 Å². The Bertz CT molecular complexity index is 747. The first-order valence-corrected chi connectivity index (χ1v) is 11.4. The van der Waals surface area contributed by atoms with Gasteiger partial charge in [0.1, 0.15) is 5.82 Å². The summed E-state index contributed by atoms with van der Waals surface area (Å²) in [7, 11) is -3.56. The third-order valence-corrected chi connectivity index (χ3v) is 8.55. The van der Waals surface area contributed by atoms with Crippen molar-refractivity contribution in [3.8, 4) is 0 Å². The van der Waals surface area contributed by atoms with Crippen LogP contribution in [-0.2, 0) is 10.0 Å². The molecule has 6 heteroatoms. The van der Waals surface area contributed by atoms with Crippen molar-refractivity contribution in [3.05, 3.63) is 29.6 Å². The molecule has 1 saturated carbocycles. The highest BCUT2D eigenvalue weighted by atomic mass is 32.2. The van der Waals surface area contributed by atoms with Crippen molar-refractivity contribution in [1.29, 1.82) is 0 Å². The molecule has 0 radical (unpaired) electrons. The Kier molecular flexibility index (Phi) is 5.10. The molecular formula is C20H29FN2O2S. The largest absolute Gasteiger partial charge is 0.300 e. The van der Waals surface area contributed by atoms with E-state index >= 15 is 0 Å². The molecule has 2 heterocycles. The molecule has 3 fully saturated rings. The average molecular weight is 381 g/mol. The fourth-order valence-corrected chi connectivity index (χ4v) is 7.17. The summed E-state index contributed by atoms with van der Waals surface area (Å²) in [5.74, 6) is 0.467. The summed E-state index contributed by atoms with van der Waals surface area (Å²) >= 11 is 0. The zero-order valence-electron chi connectivity index (χ0n) is 15.5. The molecule has 2 saturated heterocycles. The number of rotatable bonds is 3. The van der Waals surface area contributed by atoms with E-state index in [0.717, 1.165) is 12.8 Å². The summed E-state index contributed by atoms with van der Waals surface area (Å²) in [6, 6.07) is 4.53. The van der Waals surface area contributed by atoms with Crippen molar-refractivity contribution in [2.45, 2.75) is 56.4 Å². The highest BCUT2D eigenvalue weighted by Crippen LogP contribution is 2.40.